The lowest BCUT2D eigenvalue weighted by molar-refractivity contribution is 0.116. The summed E-state index contributed by atoms with van der Waals surface area (Å²) in [6, 6.07) is 15.1. The van der Waals surface area contributed by atoms with Crippen molar-refractivity contribution in [1.82, 2.24) is 4.31 Å². The molecule has 0 radical (unpaired) electrons. The number of hydrogen-bond acceptors (Lipinski definition) is 5. The average molecular weight is 392 g/mol. The van der Waals surface area contributed by atoms with E-state index < -0.39 is 22.2 Å². The molecular formula is C20H29N3O3S. The van der Waals surface area contributed by atoms with Gasteiger partial charge in [0.25, 0.3) is 0 Å². The Kier molecular flexibility index (Phi) is 7.38. The number of hydrogen-bond donors (Lipinski definition) is 3. The number of rotatable bonds is 9. The molecule has 5 N–H and O–H groups in total. The molecule has 0 aliphatic carbocycles. The van der Waals surface area contributed by atoms with E-state index in [1.807, 2.05) is 44.2 Å². The molecule has 148 valence electrons. The van der Waals surface area contributed by atoms with Crippen LogP contribution in [0.5, 0.6) is 0 Å². The topological polar surface area (TPSA) is 110 Å². The summed E-state index contributed by atoms with van der Waals surface area (Å²) in [6.07, 6.45) is -0.507. The average Bonchev–Trinajstić information content (AvgIpc) is 2.62. The third kappa shape index (κ3) is 6.04. The van der Waals surface area contributed by atoms with Gasteiger partial charge in [-0.05, 0) is 42.2 Å². The van der Waals surface area contributed by atoms with Crippen molar-refractivity contribution in [3.05, 3.63) is 60.2 Å². The molecule has 2 atom stereocenters. The van der Waals surface area contributed by atoms with Crippen molar-refractivity contribution in [2.24, 2.45) is 11.7 Å². The minimum Gasteiger partial charge on any atom is -0.399 e. The van der Waals surface area contributed by atoms with E-state index in [1.165, 1.54) is 16.4 Å². The molecule has 7 heteroatoms. The second-order valence-electron chi connectivity index (χ2n) is 7.21. The van der Waals surface area contributed by atoms with Gasteiger partial charge in [-0.25, -0.2) is 8.42 Å². The zero-order valence-corrected chi connectivity index (χ0v) is 16.6. The number of benzene rings is 2. The summed E-state index contributed by atoms with van der Waals surface area (Å²) in [5.41, 5.74) is 13.3. The van der Waals surface area contributed by atoms with Gasteiger partial charge in [-0.15, -0.1) is 0 Å². The summed E-state index contributed by atoms with van der Waals surface area (Å²) < 4.78 is 27.4. The highest BCUT2D eigenvalue weighted by Gasteiger charge is 2.29. The Morgan fingerprint density at radius 3 is 2.15 bits per heavy atom. The van der Waals surface area contributed by atoms with E-state index in [9.17, 15) is 13.5 Å². The number of anilines is 1. The molecule has 6 nitrogen and oxygen atoms in total. The Morgan fingerprint density at radius 1 is 1.00 bits per heavy atom. The fourth-order valence-corrected chi connectivity index (χ4v) is 4.45. The van der Waals surface area contributed by atoms with Gasteiger partial charge in [0.1, 0.15) is 0 Å². The Hall–Kier alpha value is -1.93. The van der Waals surface area contributed by atoms with Crippen molar-refractivity contribution in [3.63, 3.8) is 0 Å². The van der Waals surface area contributed by atoms with Crippen molar-refractivity contribution in [2.45, 2.75) is 37.3 Å². The van der Waals surface area contributed by atoms with Crippen LogP contribution in [0.3, 0.4) is 0 Å². The molecule has 0 heterocycles. The van der Waals surface area contributed by atoms with Gasteiger partial charge in [0.15, 0.2) is 0 Å². The van der Waals surface area contributed by atoms with Crippen LogP contribution in [0.1, 0.15) is 19.4 Å². The first-order valence-electron chi connectivity index (χ1n) is 9.03. The maximum Gasteiger partial charge on any atom is 0.243 e. The summed E-state index contributed by atoms with van der Waals surface area (Å²) in [5.74, 6) is 0.103. The first kappa shape index (κ1) is 21.4. The van der Waals surface area contributed by atoms with Gasteiger partial charge < -0.3 is 16.6 Å². The smallest absolute Gasteiger partial charge is 0.243 e. The van der Waals surface area contributed by atoms with Crippen LogP contribution in [0.25, 0.3) is 0 Å². The molecular weight excluding hydrogens is 362 g/mol. The van der Waals surface area contributed by atoms with E-state index in [0.29, 0.717) is 18.7 Å². The van der Waals surface area contributed by atoms with Gasteiger partial charge in [-0.1, -0.05) is 44.2 Å². The molecule has 0 aliphatic heterocycles. The zero-order chi connectivity index (χ0) is 20.0. The van der Waals surface area contributed by atoms with Gasteiger partial charge in [-0.2, -0.15) is 4.31 Å². The highest BCUT2D eigenvalue weighted by molar-refractivity contribution is 7.89. The number of aliphatic hydroxyl groups excluding tert-OH is 1. The largest absolute Gasteiger partial charge is 0.399 e. The van der Waals surface area contributed by atoms with Crippen LogP contribution < -0.4 is 11.5 Å². The summed E-state index contributed by atoms with van der Waals surface area (Å²) in [7, 11) is -3.75. The van der Waals surface area contributed by atoms with Crippen LogP contribution in [0.2, 0.25) is 0 Å². The molecule has 2 aromatic rings. The van der Waals surface area contributed by atoms with Crippen molar-refractivity contribution < 1.29 is 13.5 Å². The molecule has 0 saturated carbocycles. The van der Waals surface area contributed by atoms with E-state index in [2.05, 4.69) is 0 Å². The van der Waals surface area contributed by atoms with Crippen LogP contribution in [0.4, 0.5) is 5.69 Å². The second-order valence-corrected chi connectivity index (χ2v) is 9.14. The summed E-state index contributed by atoms with van der Waals surface area (Å²) in [5, 5.41) is 10.6. The van der Waals surface area contributed by atoms with Crippen molar-refractivity contribution in [1.29, 1.82) is 0 Å². The summed E-state index contributed by atoms with van der Waals surface area (Å²) in [6.45, 7) is 4.10. The van der Waals surface area contributed by atoms with Crippen LogP contribution in [-0.4, -0.2) is 43.1 Å². The molecule has 0 spiro atoms. The standard InChI is InChI=1S/C20H29N3O3S/c1-15(2)13-23(27(25,26)18-10-8-17(21)9-11-18)14-20(24)19(22)12-16-6-4-3-5-7-16/h3-11,15,19-20,24H,12-14,21-22H2,1-2H3/t19-,20+/m0/s1. The Labute approximate surface area is 161 Å². The fourth-order valence-electron chi connectivity index (χ4n) is 2.83. The van der Waals surface area contributed by atoms with Crippen molar-refractivity contribution in [3.8, 4) is 0 Å². The number of aliphatic hydroxyl groups is 1. The first-order chi connectivity index (χ1) is 12.7. The second kappa shape index (κ2) is 9.32. The predicted octanol–water partition coefficient (Wildman–Crippen LogP) is 1.85. The lowest BCUT2D eigenvalue weighted by Crippen LogP contribution is -2.47. The van der Waals surface area contributed by atoms with Gasteiger partial charge in [0.05, 0.1) is 11.0 Å². The Balaban J connectivity index is 2.16. The molecule has 0 aromatic heterocycles. The predicted molar refractivity (Wildman–Crippen MR) is 109 cm³/mol. The van der Waals surface area contributed by atoms with Gasteiger partial charge in [0.2, 0.25) is 10.0 Å². The quantitative estimate of drug-likeness (QED) is 0.565. The van der Waals surface area contributed by atoms with Gasteiger partial charge in [0, 0.05) is 24.8 Å². The molecule has 0 aliphatic rings. The molecule has 0 amide bonds. The lowest BCUT2D eigenvalue weighted by atomic mass is 10.0. The first-order valence-corrected chi connectivity index (χ1v) is 10.5. The van der Waals surface area contributed by atoms with E-state index in [-0.39, 0.29) is 17.4 Å². The van der Waals surface area contributed by atoms with Gasteiger partial charge >= 0.3 is 0 Å². The SMILES string of the molecule is CC(C)CN(C[C@@H](O)[C@@H](N)Cc1ccccc1)S(=O)(=O)c1ccc(N)cc1. The van der Waals surface area contributed by atoms with Gasteiger partial charge in [-0.3, -0.25) is 0 Å². The van der Waals surface area contributed by atoms with E-state index in [0.717, 1.165) is 5.56 Å². The van der Waals surface area contributed by atoms with E-state index in [4.69, 9.17) is 11.5 Å². The third-order valence-electron chi connectivity index (χ3n) is 4.29. The minimum atomic E-state index is -3.75. The van der Waals surface area contributed by atoms with Crippen LogP contribution in [0.15, 0.2) is 59.5 Å². The minimum absolute atomic E-state index is 0.0567. The molecule has 2 rings (SSSR count). The van der Waals surface area contributed by atoms with Crippen LogP contribution in [0, 0.1) is 5.92 Å². The van der Waals surface area contributed by atoms with E-state index >= 15 is 0 Å². The fraction of sp³-hybridized carbons (Fsp3) is 0.400. The Bertz CT molecular complexity index is 808. The summed E-state index contributed by atoms with van der Waals surface area (Å²) in [4.78, 5) is 0.154. The molecule has 0 fully saturated rings. The number of sulfonamides is 1. The molecule has 0 unspecified atom stereocenters. The highest BCUT2D eigenvalue weighted by atomic mass is 32.2. The van der Waals surface area contributed by atoms with Crippen molar-refractivity contribution in [2.75, 3.05) is 18.8 Å². The van der Waals surface area contributed by atoms with Crippen LogP contribution >= 0.6 is 0 Å². The maximum atomic E-state index is 13.0. The van der Waals surface area contributed by atoms with Crippen molar-refractivity contribution >= 4 is 15.7 Å². The Morgan fingerprint density at radius 2 is 1.59 bits per heavy atom. The molecule has 0 saturated heterocycles. The molecule has 0 bridgehead atoms. The zero-order valence-electron chi connectivity index (χ0n) is 15.8. The maximum absolute atomic E-state index is 13.0. The van der Waals surface area contributed by atoms with Crippen LogP contribution in [-0.2, 0) is 16.4 Å². The molecule has 27 heavy (non-hydrogen) atoms. The monoisotopic (exact) mass is 391 g/mol. The van der Waals surface area contributed by atoms with E-state index in [1.54, 1.807) is 12.1 Å². The highest BCUT2D eigenvalue weighted by Crippen LogP contribution is 2.19. The number of nitrogens with zero attached hydrogens (tertiary/aromatic N) is 1. The summed E-state index contributed by atoms with van der Waals surface area (Å²) >= 11 is 0. The normalized spacial score (nSPS) is 14.4. The molecule has 2 aromatic carbocycles. The number of nitrogen functional groups attached to an aromatic ring is 1. The third-order valence-corrected chi connectivity index (χ3v) is 6.13. The lowest BCUT2D eigenvalue weighted by Gasteiger charge is -2.28. The number of nitrogens with two attached hydrogens (primary N) is 2.